The Morgan fingerprint density at radius 2 is 2.47 bits per heavy atom. The minimum absolute atomic E-state index is 0.00148. The molecule has 0 aliphatic carbocycles. The average molecular weight is 241 g/mol. The van der Waals surface area contributed by atoms with Gasteiger partial charge in [0.05, 0.1) is 11.2 Å². The number of nitrogens with zero attached hydrogens (tertiary/aromatic N) is 2. The predicted octanol–water partition coefficient (Wildman–Crippen LogP) is 2.56. The molecular weight excluding hydrogens is 232 g/mol. The van der Waals surface area contributed by atoms with Crippen molar-refractivity contribution in [1.82, 2.24) is 9.78 Å². The minimum atomic E-state index is -0.00148. The summed E-state index contributed by atoms with van der Waals surface area (Å²) in [5.41, 5.74) is 1.49. The van der Waals surface area contributed by atoms with Crippen LogP contribution in [0.2, 0.25) is 5.02 Å². The molecule has 2 aromatic heterocycles. The highest BCUT2D eigenvalue weighted by molar-refractivity contribution is 7.08. The fourth-order valence-corrected chi connectivity index (χ4v) is 2.33. The highest BCUT2D eigenvalue weighted by atomic mass is 35.5. The van der Waals surface area contributed by atoms with Gasteiger partial charge in [0.2, 0.25) is 0 Å². The molecule has 0 N–H and O–H groups in total. The van der Waals surface area contributed by atoms with Gasteiger partial charge in [-0.2, -0.15) is 16.4 Å². The van der Waals surface area contributed by atoms with Crippen molar-refractivity contribution in [2.75, 3.05) is 0 Å². The van der Waals surface area contributed by atoms with Crippen LogP contribution in [0.1, 0.15) is 16.1 Å². The number of hydrogen-bond acceptors (Lipinski definition) is 3. The number of rotatable bonds is 3. The zero-order chi connectivity index (χ0) is 10.8. The van der Waals surface area contributed by atoms with Gasteiger partial charge in [-0.3, -0.25) is 9.48 Å². The van der Waals surface area contributed by atoms with E-state index in [-0.39, 0.29) is 5.78 Å². The number of ketones is 1. The van der Waals surface area contributed by atoms with E-state index in [4.69, 9.17) is 11.6 Å². The molecule has 78 valence electrons. The quantitative estimate of drug-likeness (QED) is 0.773. The SMILES string of the molecule is Cn1ncc(Cl)c1C(=O)Cc1ccsc1. The Kier molecular flexibility index (Phi) is 2.88. The number of Topliss-reactive ketones (excluding diaryl/α,β-unsaturated/α-hetero) is 1. The Labute approximate surface area is 96.3 Å². The van der Waals surface area contributed by atoms with Crippen LogP contribution in [0.3, 0.4) is 0 Å². The van der Waals surface area contributed by atoms with Crippen LogP contribution in [0.15, 0.2) is 23.0 Å². The summed E-state index contributed by atoms with van der Waals surface area (Å²) in [6, 6.07) is 1.94. The first-order valence-corrected chi connectivity index (χ1v) is 5.72. The summed E-state index contributed by atoms with van der Waals surface area (Å²) in [6.07, 6.45) is 1.87. The third kappa shape index (κ3) is 2.11. The van der Waals surface area contributed by atoms with Gasteiger partial charge in [0.1, 0.15) is 5.69 Å². The van der Waals surface area contributed by atoms with Crippen molar-refractivity contribution in [3.63, 3.8) is 0 Å². The van der Waals surface area contributed by atoms with Crippen molar-refractivity contribution in [1.29, 1.82) is 0 Å². The van der Waals surface area contributed by atoms with Gasteiger partial charge in [-0.05, 0) is 22.4 Å². The molecule has 0 saturated carbocycles. The van der Waals surface area contributed by atoms with Crippen LogP contribution in [-0.4, -0.2) is 15.6 Å². The molecule has 0 radical (unpaired) electrons. The maximum atomic E-state index is 11.9. The van der Waals surface area contributed by atoms with Crippen molar-refractivity contribution in [2.45, 2.75) is 6.42 Å². The normalized spacial score (nSPS) is 10.5. The predicted molar refractivity (Wildman–Crippen MR) is 60.6 cm³/mol. The van der Waals surface area contributed by atoms with E-state index in [2.05, 4.69) is 5.10 Å². The number of aryl methyl sites for hydroxylation is 1. The number of thiophene rings is 1. The van der Waals surface area contributed by atoms with Crippen molar-refractivity contribution >= 4 is 28.7 Å². The Hall–Kier alpha value is -1.13. The first-order valence-electron chi connectivity index (χ1n) is 4.40. The molecule has 0 aliphatic heterocycles. The van der Waals surface area contributed by atoms with Gasteiger partial charge in [-0.15, -0.1) is 0 Å². The first kappa shape index (κ1) is 10.4. The molecular formula is C10H9ClN2OS. The number of hydrogen-bond donors (Lipinski definition) is 0. The van der Waals surface area contributed by atoms with Gasteiger partial charge in [0.25, 0.3) is 0 Å². The fourth-order valence-electron chi connectivity index (χ4n) is 1.39. The molecule has 0 saturated heterocycles. The van der Waals surface area contributed by atoms with Gasteiger partial charge in [0, 0.05) is 13.5 Å². The Morgan fingerprint density at radius 3 is 3.00 bits per heavy atom. The Balaban J connectivity index is 2.22. The summed E-state index contributed by atoms with van der Waals surface area (Å²) >= 11 is 7.46. The highest BCUT2D eigenvalue weighted by Gasteiger charge is 2.15. The molecule has 5 heteroatoms. The number of halogens is 1. The van der Waals surface area contributed by atoms with Crippen molar-refractivity contribution in [2.24, 2.45) is 7.05 Å². The van der Waals surface area contributed by atoms with Gasteiger partial charge in [0.15, 0.2) is 5.78 Å². The first-order chi connectivity index (χ1) is 7.18. The summed E-state index contributed by atoms with van der Waals surface area (Å²) in [4.78, 5) is 11.9. The largest absolute Gasteiger partial charge is 0.292 e. The Bertz CT molecular complexity index is 456. The molecule has 0 unspecified atom stereocenters. The minimum Gasteiger partial charge on any atom is -0.292 e. The molecule has 0 bridgehead atoms. The topological polar surface area (TPSA) is 34.9 Å². The third-order valence-corrected chi connectivity index (χ3v) is 3.11. The van der Waals surface area contributed by atoms with Gasteiger partial charge in [-0.1, -0.05) is 11.6 Å². The van der Waals surface area contributed by atoms with E-state index >= 15 is 0 Å². The monoisotopic (exact) mass is 240 g/mol. The summed E-state index contributed by atoms with van der Waals surface area (Å²) < 4.78 is 1.51. The molecule has 0 fully saturated rings. The summed E-state index contributed by atoms with van der Waals surface area (Å²) in [5, 5.41) is 8.26. The molecule has 2 aromatic rings. The van der Waals surface area contributed by atoms with Crippen LogP contribution < -0.4 is 0 Å². The average Bonchev–Trinajstić information content (AvgIpc) is 2.77. The molecule has 3 nitrogen and oxygen atoms in total. The highest BCUT2D eigenvalue weighted by Crippen LogP contribution is 2.17. The lowest BCUT2D eigenvalue weighted by Crippen LogP contribution is -2.09. The van der Waals surface area contributed by atoms with Crippen LogP contribution in [0.4, 0.5) is 0 Å². The van der Waals surface area contributed by atoms with Crippen LogP contribution >= 0.6 is 22.9 Å². The third-order valence-electron chi connectivity index (χ3n) is 2.10. The summed E-state index contributed by atoms with van der Waals surface area (Å²) in [7, 11) is 1.72. The lowest BCUT2D eigenvalue weighted by molar-refractivity contribution is 0.0984. The fraction of sp³-hybridized carbons (Fsp3) is 0.200. The second kappa shape index (κ2) is 4.16. The number of aromatic nitrogens is 2. The Morgan fingerprint density at radius 1 is 1.67 bits per heavy atom. The summed E-state index contributed by atoms with van der Waals surface area (Å²) in [6.45, 7) is 0. The van der Waals surface area contributed by atoms with Crippen molar-refractivity contribution < 1.29 is 4.79 Å². The lowest BCUT2D eigenvalue weighted by Gasteiger charge is -2.00. The summed E-state index contributed by atoms with van der Waals surface area (Å²) in [5.74, 6) is -0.00148. The van der Waals surface area contributed by atoms with E-state index in [0.29, 0.717) is 17.1 Å². The number of carbonyl (C=O) groups is 1. The van der Waals surface area contributed by atoms with E-state index in [1.807, 2.05) is 16.8 Å². The van der Waals surface area contributed by atoms with Gasteiger partial charge in [-0.25, -0.2) is 0 Å². The zero-order valence-corrected chi connectivity index (χ0v) is 9.68. The van der Waals surface area contributed by atoms with Crippen LogP contribution in [0.25, 0.3) is 0 Å². The van der Waals surface area contributed by atoms with Gasteiger partial charge < -0.3 is 0 Å². The van der Waals surface area contributed by atoms with Crippen LogP contribution in [0, 0.1) is 0 Å². The van der Waals surface area contributed by atoms with E-state index < -0.39 is 0 Å². The van der Waals surface area contributed by atoms with Crippen molar-refractivity contribution in [3.05, 3.63) is 39.3 Å². The molecule has 0 aromatic carbocycles. The molecule has 0 aliphatic rings. The smallest absolute Gasteiger partial charge is 0.186 e. The standard InChI is InChI=1S/C10H9ClN2OS/c1-13-10(8(11)5-12-13)9(14)4-7-2-3-15-6-7/h2-3,5-6H,4H2,1H3. The molecule has 2 heterocycles. The molecule has 0 atom stereocenters. The second-order valence-electron chi connectivity index (χ2n) is 3.20. The van der Waals surface area contributed by atoms with Crippen LogP contribution in [-0.2, 0) is 13.5 Å². The second-order valence-corrected chi connectivity index (χ2v) is 4.38. The molecule has 0 amide bonds. The maximum Gasteiger partial charge on any atom is 0.186 e. The van der Waals surface area contributed by atoms with E-state index in [0.717, 1.165) is 5.56 Å². The van der Waals surface area contributed by atoms with Crippen molar-refractivity contribution in [3.8, 4) is 0 Å². The zero-order valence-electron chi connectivity index (χ0n) is 8.11. The molecule has 2 rings (SSSR count). The maximum absolute atomic E-state index is 11.9. The molecule has 0 spiro atoms. The van der Waals surface area contributed by atoms with E-state index in [9.17, 15) is 4.79 Å². The van der Waals surface area contributed by atoms with E-state index in [1.54, 1.807) is 18.4 Å². The lowest BCUT2D eigenvalue weighted by atomic mass is 10.1. The van der Waals surface area contributed by atoms with Gasteiger partial charge >= 0.3 is 0 Å². The van der Waals surface area contributed by atoms with E-state index in [1.165, 1.54) is 10.9 Å². The number of carbonyl (C=O) groups excluding carboxylic acids is 1. The molecule has 15 heavy (non-hydrogen) atoms. The van der Waals surface area contributed by atoms with Crippen LogP contribution in [0.5, 0.6) is 0 Å².